The molecule has 2 aromatic heterocycles. The Balaban J connectivity index is 1.70. The zero-order chi connectivity index (χ0) is 17.2. The van der Waals surface area contributed by atoms with Crippen molar-refractivity contribution in [1.29, 1.82) is 0 Å². The van der Waals surface area contributed by atoms with Gasteiger partial charge in [0.15, 0.2) is 0 Å². The molecule has 6 nitrogen and oxygen atoms in total. The number of fused-ring (bicyclic) bond motifs is 1. The van der Waals surface area contributed by atoms with Crippen LogP contribution in [0, 0.1) is 0 Å². The van der Waals surface area contributed by atoms with Crippen molar-refractivity contribution < 1.29 is 9.90 Å². The Hall–Kier alpha value is -3.54. The van der Waals surface area contributed by atoms with Crippen LogP contribution in [0.25, 0.3) is 27.8 Å². The largest absolute Gasteiger partial charge is 0.481 e. The van der Waals surface area contributed by atoms with Gasteiger partial charge in [-0.3, -0.25) is 9.36 Å². The van der Waals surface area contributed by atoms with Gasteiger partial charge in [-0.05, 0) is 35.4 Å². The Morgan fingerprint density at radius 3 is 2.48 bits per heavy atom. The Kier molecular flexibility index (Phi) is 3.70. The normalized spacial score (nSPS) is 10.9. The highest BCUT2D eigenvalue weighted by Gasteiger charge is 2.08. The lowest BCUT2D eigenvalue weighted by molar-refractivity contribution is -0.136. The maximum atomic E-state index is 10.8. The minimum absolute atomic E-state index is 0.0213. The van der Waals surface area contributed by atoms with Gasteiger partial charge in [-0.2, -0.15) is 0 Å². The molecule has 0 fully saturated rings. The fourth-order valence-corrected chi connectivity index (χ4v) is 2.80. The molecule has 0 aliphatic heterocycles. The molecule has 0 saturated carbocycles. The van der Waals surface area contributed by atoms with Crippen LogP contribution in [0.2, 0.25) is 0 Å². The van der Waals surface area contributed by atoms with E-state index in [1.807, 2.05) is 47.0 Å². The third-order valence-corrected chi connectivity index (χ3v) is 4.01. The quantitative estimate of drug-likeness (QED) is 0.622. The van der Waals surface area contributed by atoms with Gasteiger partial charge in [-0.25, -0.2) is 15.0 Å². The van der Waals surface area contributed by atoms with Crippen LogP contribution >= 0.6 is 0 Å². The van der Waals surface area contributed by atoms with Gasteiger partial charge in [0.25, 0.3) is 0 Å². The third-order valence-electron chi connectivity index (χ3n) is 4.01. The number of carbonyl (C=O) groups is 1. The Bertz CT molecular complexity index is 1040. The van der Waals surface area contributed by atoms with Crippen LogP contribution in [0.1, 0.15) is 5.56 Å². The molecule has 0 amide bonds. The maximum absolute atomic E-state index is 10.8. The summed E-state index contributed by atoms with van der Waals surface area (Å²) in [5.74, 6) is -0.835. The van der Waals surface area contributed by atoms with Gasteiger partial charge in [0.05, 0.1) is 17.5 Å². The molecule has 0 aliphatic carbocycles. The molecule has 0 atom stereocenters. The van der Waals surface area contributed by atoms with Crippen molar-refractivity contribution >= 4 is 17.0 Å². The van der Waals surface area contributed by atoms with E-state index < -0.39 is 5.97 Å². The van der Waals surface area contributed by atoms with E-state index in [1.165, 1.54) is 6.33 Å². The summed E-state index contributed by atoms with van der Waals surface area (Å²) in [4.78, 5) is 23.4. The van der Waals surface area contributed by atoms with Crippen LogP contribution in [0.4, 0.5) is 0 Å². The fraction of sp³-hybridized carbons (Fsp3) is 0.0526. The minimum atomic E-state index is -0.835. The Morgan fingerprint density at radius 1 is 1.00 bits per heavy atom. The number of rotatable bonds is 4. The number of hydrogen-bond acceptors (Lipinski definition) is 4. The second-order valence-corrected chi connectivity index (χ2v) is 5.68. The Morgan fingerprint density at radius 2 is 1.76 bits per heavy atom. The number of imidazole rings is 1. The lowest BCUT2D eigenvalue weighted by atomic mass is 10.1. The van der Waals surface area contributed by atoms with Gasteiger partial charge in [0.2, 0.25) is 0 Å². The highest BCUT2D eigenvalue weighted by molar-refractivity contribution is 5.83. The number of carboxylic acids is 1. The van der Waals surface area contributed by atoms with Crippen molar-refractivity contribution in [2.75, 3.05) is 0 Å². The molecule has 122 valence electrons. The van der Waals surface area contributed by atoms with E-state index in [0.717, 1.165) is 33.4 Å². The summed E-state index contributed by atoms with van der Waals surface area (Å²) in [5, 5.41) is 8.86. The highest BCUT2D eigenvalue weighted by Crippen LogP contribution is 2.24. The number of carboxylic acid groups (broad SMARTS) is 1. The summed E-state index contributed by atoms with van der Waals surface area (Å²) < 4.78 is 1.98. The summed E-state index contributed by atoms with van der Waals surface area (Å²) in [6.07, 6.45) is 6.83. The standard InChI is InChI=1S/C19H14N4O2/c24-19(25)7-13-1-4-16(5-2-13)23-12-22-17-8-14(3-6-18(17)23)15-9-20-11-21-10-15/h1-6,8-12H,7H2,(H,24,25). The Labute approximate surface area is 143 Å². The van der Waals surface area contributed by atoms with Gasteiger partial charge >= 0.3 is 5.97 Å². The molecule has 0 spiro atoms. The van der Waals surface area contributed by atoms with E-state index in [-0.39, 0.29) is 6.42 Å². The van der Waals surface area contributed by atoms with Crippen LogP contribution in [0.5, 0.6) is 0 Å². The van der Waals surface area contributed by atoms with Crippen molar-refractivity contribution in [2.45, 2.75) is 6.42 Å². The molecular formula is C19H14N4O2. The highest BCUT2D eigenvalue weighted by atomic mass is 16.4. The molecule has 4 rings (SSSR count). The first-order chi connectivity index (χ1) is 12.2. The average Bonchev–Trinajstić information content (AvgIpc) is 3.06. The molecule has 25 heavy (non-hydrogen) atoms. The van der Waals surface area contributed by atoms with Crippen molar-refractivity contribution in [3.05, 3.63) is 73.1 Å². The molecule has 6 heteroatoms. The van der Waals surface area contributed by atoms with Gasteiger partial charge in [0, 0.05) is 23.6 Å². The molecule has 0 aliphatic rings. The van der Waals surface area contributed by atoms with Crippen molar-refractivity contribution in [1.82, 2.24) is 19.5 Å². The molecule has 2 aromatic carbocycles. The van der Waals surface area contributed by atoms with Crippen molar-refractivity contribution in [2.24, 2.45) is 0 Å². The summed E-state index contributed by atoms with van der Waals surface area (Å²) in [5.41, 5.74) is 5.51. The number of aromatic nitrogens is 4. The molecule has 1 N–H and O–H groups in total. The van der Waals surface area contributed by atoms with Crippen LogP contribution in [-0.4, -0.2) is 30.6 Å². The molecule has 4 aromatic rings. The summed E-state index contributed by atoms with van der Waals surface area (Å²) in [7, 11) is 0. The third kappa shape index (κ3) is 2.97. The number of nitrogens with zero attached hydrogens (tertiary/aromatic N) is 4. The van der Waals surface area contributed by atoms with E-state index in [1.54, 1.807) is 18.7 Å². The zero-order valence-electron chi connectivity index (χ0n) is 13.2. The fourth-order valence-electron chi connectivity index (χ4n) is 2.80. The van der Waals surface area contributed by atoms with Gasteiger partial charge in [-0.1, -0.05) is 18.2 Å². The predicted octanol–water partition coefficient (Wildman–Crippen LogP) is 3.11. The predicted molar refractivity (Wildman–Crippen MR) is 93.4 cm³/mol. The monoisotopic (exact) mass is 330 g/mol. The van der Waals surface area contributed by atoms with Gasteiger partial charge < -0.3 is 5.11 Å². The number of hydrogen-bond donors (Lipinski definition) is 1. The lowest BCUT2D eigenvalue weighted by Gasteiger charge is -2.06. The van der Waals surface area contributed by atoms with Crippen LogP contribution < -0.4 is 0 Å². The SMILES string of the molecule is O=C(O)Cc1ccc(-n2cnc3cc(-c4cncnc4)ccc32)cc1. The first-order valence-electron chi connectivity index (χ1n) is 7.74. The van der Waals surface area contributed by atoms with Crippen molar-refractivity contribution in [3.8, 4) is 16.8 Å². The van der Waals surface area contributed by atoms with Crippen LogP contribution in [0.15, 0.2) is 67.5 Å². The van der Waals surface area contributed by atoms with E-state index in [4.69, 9.17) is 5.11 Å². The van der Waals surface area contributed by atoms with Crippen LogP contribution in [0.3, 0.4) is 0 Å². The molecule has 0 unspecified atom stereocenters. The topological polar surface area (TPSA) is 80.9 Å². The van der Waals surface area contributed by atoms with E-state index in [0.29, 0.717) is 0 Å². The summed E-state index contributed by atoms with van der Waals surface area (Å²) >= 11 is 0. The first-order valence-corrected chi connectivity index (χ1v) is 7.74. The molecule has 0 bridgehead atoms. The van der Waals surface area contributed by atoms with Crippen molar-refractivity contribution in [3.63, 3.8) is 0 Å². The summed E-state index contributed by atoms with van der Waals surface area (Å²) in [6.45, 7) is 0. The summed E-state index contributed by atoms with van der Waals surface area (Å²) in [6, 6.07) is 13.5. The molecule has 2 heterocycles. The van der Waals surface area contributed by atoms with E-state index in [9.17, 15) is 4.79 Å². The average molecular weight is 330 g/mol. The molecule has 0 saturated heterocycles. The smallest absolute Gasteiger partial charge is 0.307 e. The number of benzene rings is 2. The molecule has 0 radical (unpaired) electrons. The minimum Gasteiger partial charge on any atom is -0.481 e. The molecular weight excluding hydrogens is 316 g/mol. The second kappa shape index (κ2) is 6.16. The zero-order valence-corrected chi connectivity index (χ0v) is 13.2. The maximum Gasteiger partial charge on any atom is 0.307 e. The van der Waals surface area contributed by atoms with E-state index in [2.05, 4.69) is 15.0 Å². The second-order valence-electron chi connectivity index (χ2n) is 5.68. The van der Waals surface area contributed by atoms with Crippen LogP contribution in [-0.2, 0) is 11.2 Å². The van der Waals surface area contributed by atoms with Gasteiger partial charge in [0.1, 0.15) is 12.7 Å². The van der Waals surface area contributed by atoms with Gasteiger partial charge in [-0.15, -0.1) is 0 Å². The first kappa shape index (κ1) is 15.0. The van der Waals surface area contributed by atoms with E-state index >= 15 is 0 Å². The number of aliphatic carboxylic acids is 1. The lowest BCUT2D eigenvalue weighted by Crippen LogP contribution is -2.00.